The Kier molecular flexibility index (Phi) is 2.95. The van der Waals surface area contributed by atoms with Gasteiger partial charge in [-0.1, -0.05) is 0 Å². The van der Waals surface area contributed by atoms with Crippen LogP contribution in [0, 0.1) is 11.3 Å². The highest BCUT2D eigenvalue weighted by atomic mass is 35.5. The van der Waals surface area contributed by atoms with Crippen molar-refractivity contribution in [2.24, 2.45) is 0 Å². The van der Waals surface area contributed by atoms with Gasteiger partial charge < -0.3 is 10.2 Å². The molecule has 0 bridgehead atoms. The third-order valence-corrected chi connectivity index (χ3v) is 2.02. The number of rotatable bonds is 2. The zero-order chi connectivity index (χ0) is 10.7. The summed E-state index contributed by atoms with van der Waals surface area (Å²) in [7, 11) is 0. The van der Waals surface area contributed by atoms with Crippen LogP contribution in [-0.2, 0) is 5.88 Å². The minimum Gasteiger partial charge on any atom is -0.508 e. The van der Waals surface area contributed by atoms with Crippen LogP contribution < -0.4 is 0 Å². The predicted molar refractivity (Wildman–Crippen MR) is 49.3 cm³/mol. The molecule has 0 aliphatic heterocycles. The summed E-state index contributed by atoms with van der Waals surface area (Å²) >= 11 is 5.48. The van der Waals surface area contributed by atoms with Crippen molar-refractivity contribution in [2.75, 3.05) is 0 Å². The van der Waals surface area contributed by atoms with Crippen LogP contribution in [0.15, 0.2) is 12.1 Å². The molecule has 1 aromatic rings. The maximum Gasteiger partial charge on any atom is 0.337 e. The number of hydrogen-bond donors (Lipinski definition) is 2. The second-order valence-corrected chi connectivity index (χ2v) is 2.80. The number of carboxylic acids is 1. The summed E-state index contributed by atoms with van der Waals surface area (Å²) in [6, 6.07) is 4.23. The molecule has 1 rings (SSSR count). The van der Waals surface area contributed by atoms with Gasteiger partial charge in [-0.3, -0.25) is 0 Å². The van der Waals surface area contributed by atoms with Gasteiger partial charge in [0.25, 0.3) is 0 Å². The van der Waals surface area contributed by atoms with Gasteiger partial charge in [-0.05, 0) is 12.1 Å². The fourth-order valence-corrected chi connectivity index (χ4v) is 1.38. The maximum atomic E-state index is 10.8. The first-order valence-electron chi connectivity index (χ1n) is 3.66. The molecule has 0 saturated carbocycles. The lowest BCUT2D eigenvalue weighted by Crippen LogP contribution is -2.04. The predicted octanol–water partition coefficient (Wildman–Crippen LogP) is 1.70. The molecule has 14 heavy (non-hydrogen) atoms. The topological polar surface area (TPSA) is 81.3 Å². The van der Waals surface area contributed by atoms with E-state index in [0.29, 0.717) is 0 Å². The highest BCUT2D eigenvalue weighted by Gasteiger charge is 2.17. The number of halogens is 1. The zero-order valence-corrected chi connectivity index (χ0v) is 7.75. The normalized spacial score (nSPS) is 9.43. The molecule has 0 aliphatic rings. The van der Waals surface area contributed by atoms with Crippen molar-refractivity contribution >= 4 is 17.6 Å². The molecule has 0 heterocycles. The fraction of sp³-hybridized carbons (Fsp3) is 0.111. The van der Waals surface area contributed by atoms with E-state index in [1.54, 1.807) is 6.07 Å². The molecular weight excluding hydrogens is 206 g/mol. The number of alkyl halides is 1. The second kappa shape index (κ2) is 3.99. The van der Waals surface area contributed by atoms with Crippen LogP contribution in [0.5, 0.6) is 5.75 Å². The zero-order valence-electron chi connectivity index (χ0n) is 6.99. The number of benzene rings is 1. The summed E-state index contributed by atoms with van der Waals surface area (Å²) < 4.78 is 0. The van der Waals surface area contributed by atoms with Crippen LogP contribution >= 0.6 is 11.6 Å². The Morgan fingerprint density at radius 2 is 2.21 bits per heavy atom. The Morgan fingerprint density at radius 1 is 1.57 bits per heavy atom. The van der Waals surface area contributed by atoms with E-state index < -0.39 is 5.97 Å². The van der Waals surface area contributed by atoms with Crippen molar-refractivity contribution in [3.63, 3.8) is 0 Å². The molecule has 0 fully saturated rings. The summed E-state index contributed by atoms with van der Waals surface area (Å²) in [5.74, 6) is -1.63. The van der Waals surface area contributed by atoms with E-state index in [1.807, 2.05) is 0 Å². The maximum absolute atomic E-state index is 10.8. The summed E-state index contributed by atoms with van der Waals surface area (Å²) in [6.07, 6.45) is 0. The van der Waals surface area contributed by atoms with Gasteiger partial charge in [0.2, 0.25) is 0 Å². The summed E-state index contributed by atoms with van der Waals surface area (Å²) in [5, 5.41) is 26.8. The molecule has 2 N–H and O–H groups in total. The molecule has 0 saturated heterocycles. The minimum atomic E-state index is -1.27. The number of carboxylic acid groups (broad SMARTS) is 1. The molecule has 5 heteroatoms. The average Bonchev–Trinajstić information content (AvgIpc) is 2.17. The van der Waals surface area contributed by atoms with Gasteiger partial charge in [0, 0.05) is 5.56 Å². The smallest absolute Gasteiger partial charge is 0.337 e. The highest BCUT2D eigenvalue weighted by molar-refractivity contribution is 6.18. The number of carbonyl (C=O) groups is 1. The Labute approximate surface area is 85.0 Å². The van der Waals surface area contributed by atoms with E-state index in [0.717, 1.165) is 0 Å². The molecule has 4 nitrogen and oxygen atoms in total. The highest BCUT2D eigenvalue weighted by Crippen LogP contribution is 2.25. The van der Waals surface area contributed by atoms with E-state index in [9.17, 15) is 9.90 Å². The van der Waals surface area contributed by atoms with Crippen LogP contribution in [-0.4, -0.2) is 16.2 Å². The van der Waals surface area contributed by atoms with Crippen molar-refractivity contribution in [1.82, 2.24) is 0 Å². The SMILES string of the molecule is N#Cc1ccc(O)c(CCl)c1C(=O)O. The standard InChI is InChI=1S/C9H6ClNO3/c10-3-6-7(12)2-1-5(4-11)8(6)9(13)14/h1-2,12H,3H2,(H,13,14). The van der Waals surface area contributed by atoms with Gasteiger partial charge in [0.05, 0.1) is 17.0 Å². The van der Waals surface area contributed by atoms with E-state index in [4.69, 9.17) is 22.0 Å². The molecule has 0 atom stereocenters. The minimum absolute atomic E-state index is 0.00838. The molecule has 72 valence electrons. The summed E-state index contributed by atoms with van der Waals surface area (Å²) in [6.45, 7) is 0. The van der Waals surface area contributed by atoms with Crippen molar-refractivity contribution in [3.05, 3.63) is 28.8 Å². The number of hydrogen-bond acceptors (Lipinski definition) is 3. The third kappa shape index (κ3) is 1.63. The first-order chi connectivity index (χ1) is 6.61. The largest absolute Gasteiger partial charge is 0.508 e. The summed E-state index contributed by atoms with van der Waals surface area (Å²) in [4.78, 5) is 10.8. The number of nitriles is 1. The van der Waals surface area contributed by atoms with Crippen LogP contribution in [0.25, 0.3) is 0 Å². The van der Waals surface area contributed by atoms with Crippen molar-refractivity contribution in [2.45, 2.75) is 5.88 Å². The lowest BCUT2D eigenvalue weighted by Gasteiger charge is -2.06. The Hall–Kier alpha value is -1.73. The van der Waals surface area contributed by atoms with E-state index >= 15 is 0 Å². The van der Waals surface area contributed by atoms with Crippen molar-refractivity contribution in [3.8, 4) is 11.8 Å². The molecule has 0 aromatic heterocycles. The first-order valence-corrected chi connectivity index (χ1v) is 4.19. The molecule has 1 aromatic carbocycles. The third-order valence-electron chi connectivity index (χ3n) is 1.76. The number of phenols is 1. The van der Waals surface area contributed by atoms with Gasteiger partial charge in [-0.15, -0.1) is 11.6 Å². The van der Waals surface area contributed by atoms with Gasteiger partial charge >= 0.3 is 5.97 Å². The Balaban J connectivity index is 3.54. The van der Waals surface area contributed by atoms with Gasteiger partial charge in [-0.25, -0.2) is 4.79 Å². The van der Waals surface area contributed by atoms with Gasteiger partial charge in [-0.2, -0.15) is 5.26 Å². The fourth-order valence-electron chi connectivity index (χ4n) is 1.11. The molecular formula is C9H6ClNO3. The lowest BCUT2D eigenvalue weighted by molar-refractivity contribution is 0.0695. The average molecular weight is 212 g/mol. The van der Waals surface area contributed by atoms with E-state index in [-0.39, 0.29) is 28.3 Å². The number of aromatic hydroxyl groups is 1. The number of nitrogens with zero attached hydrogens (tertiary/aromatic N) is 1. The number of aromatic carboxylic acids is 1. The van der Waals surface area contributed by atoms with Crippen LogP contribution in [0.4, 0.5) is 0 Å². The van der Waals surface area contributed by atoms with E-state index in [2.05, 4.69) is 0 Å². The van der Waals surface area contributed by atoms with Crippen LogP contribution in [0.2, 0.25) is 0 Å². The monoisotopic (exact) mass is 211 g/mol. The molecule has 0 unspecified atom stereocenters. The lowest BCUT2D eigenvalue weighted by atomic mass is 10.0. The summed E-state index contributed by atoms with van der Waals surface area (Å²) in [5.41, 5.74) is -0.174. The quantitative estimate of drug-likeness (QED) is 0.730. The van der Waals surface area contributed by atoms with Gasteiger partial charge in [0.15, 0.2) is 0 Å². The van der Waals surface area contributed by atoms with Crippen LogP contribution in [0.1, 0.15) is 21.5 Å². The van der Waals surface area contributed by atoms with Crippen LogP contribution in [0.3, 0.4) is 0 Å². The molecule has 0 spiro atoms. The molecule has 0 radical (unpaired) electrons. The Bertz CT molecular complexity index is 423. The number of phenolic OH excluding ortho intramolecular Hbond substituents is 1. The second-order valence-electron chi connectivity index (χ2n) is 2.54. The van der Waals surface area contributed by atoms with Gasteiger partial charge in [0.1, 0.15) is 11.8 Å². The molecule has 0 aliphatic carbocycles. The van der Waals surface area contributed by atoms with Crippen molar-refractivity contribution < 1.29 is 15.0 Å². The first kappa shape index (κ1) is 10.4. The van der Waals surface area contributed by atoms with Crippen molar-refractivity contribution in [1.29, 1.82) is 5.26 Å². The molecule has 0 amide bonds. The Morgan fingerprint density at radius 3 is 2.64 bits per heavy atom. The van der Waals surface area contributed by atoms with E-state index in [1.165, 1.54) is 12.1 Å².